The Balaban J connectivity index is 2.30. The second-order valence-corrected chi connectivity index (χ2v) is 5.52. The van der Waals surface area contributed by atoms with Crippen LogP contribution in [-0.4, -0.2) is 29.5 Å². The van der Waals surface area contributed by atoms with E-state index in [-0.39, 0.29) is 22.8 Å². The predicted octanol–water partition coefficient (Wildman–Crippen LogP) is 3.09. The number of nitro groups is 1. The zero-order valence-corrected chi connectivity index (χ0v) is 13.0. The molecule has 2 rings (SSSR count). The minimum absolute atomic E-state index is 0.0384. The van der Waals surface area contributed by atoms with E-state index in [1.165, 1.54) is 25.3 Å². The lowest BCUT2D eigenvalue weighted by Gasteiger charge is -2.05. The maximum atomic E-state index is 12.3. The maximum absolute atomic E-state index is 12.3. The highest BCUT2D eigenvalue weighted by molar-refractivity contribution is 8.00. The van der Waals surface area contributed by atoms with E-state index in [0.717, 1.165) is 11.8 Å². The smallest absolute Gasteiger partial charge is 0.315 e. The van der Waals surface area contributed by atoms with Gasteiger partial charge in [0, 0.05) is 17.2 Å². The van der Waals surface area contributed by atoms with Gasteiger partial charge in [-0.25, -0.2) is 0 Å². The van der Waals surface area contributed by atoms with Crippen LogP contribution in [0.1, 0.15) is 15.9 Å². The van der Waals surface area contributed by atoms with Gasteiger partial charge in [-0.2, -0.15) is 0 Å². The fraction of sp³-hybridized carbons (Fsp3) is 0.125. The van der Waals surface area contributed by atoms with Crippen LogP contribution in [0.2, 0.25) is 0 Å². The van der Waals surface area contributed by atoms with Crippen molar-refractivity contribution < 1.29 is 19.2 Å². The zero-order chi connectivity index (χ0) is 16.8. The van der Waals surface area contributed by atoms with Crippen LogP contribution < -0.4 is 0 Å². The van der Waals surface area contributed by atoms with Gasteiger partial charge in [-0.05, 0) is 12.1 Å². The summed E-state index contributed by atoms with van der Waals surface area (Å²) in [5.74, 6) is -0.810. The number of nitro benzene ring substituents is 1. The van der Waals surface area contributed by atoms with Crippen molar-refractivity contribution in [1.82, 2.24) is 0 Å². The SMILES string of the molecule is COC(=O)CSc1ccc(C(=O)c2ccccc2)cc1[N+](=O)[O-]. The van der Waals surface area contributed by atoms with Crippen LogP contribution >= 0.6 is 11.8 Å². The molecule has 2 aromatic rings. The number of methoxy groups -OCH3 is 1. The summed E-state index contributed by atoms with van der Waals surface area (Å²) in [6.45, 7) is 0. The van der Waals surface area contributed by atoms with Crippen LogP contribution in [0, 0.1) is 10.1 Å². The first kappa shape index (κ1) is 16.7. The second kappa shape index (κ2) is 7.55. The van der Waals surface area contributed by atoms with Crippen LogP contribution in [0.15, 0.2) is 53.4 Å². The molecule has 0 aromatic heterocycles. The molecule has 0 aliphatic rings. The maximum Gasteiger partial charge on any atom is 0.315 e. The Bertz CT molecular complexity index is 745. The van der Waals surface area contributed by atoms with Crippen molar-refractivity contribution in [2.75, 3.05) is 12.9 Å². The Kier molecular flexibility index (Phi) is 5.48. The zero-order valence-electron chi connectivity index (χ0n) is 12.2. The Morgan fingerprint density at radius 2 is 1.83 bits per heavy atom. The van der Waals surface area contributed by atoms with Crippen molar-refractivity contribution in [2.24, 2.45) is 0 Å². The van der Waals surface area contributed by atoms with Gasteiger partial charge in [-0.15, -0.1) is 11.8 Å². The minimum atomic E-state index is -0.568. The predicted molar refractivity (Wildman–Crippen MR) is 85.7 cm³/mol. The third-order valence-corrected chi connectivity index (χ3v) is 4.06. The van der Waals surface area contributed by atoms with Crippen molar-refractivity contribution in [1.29, 1.82) is 0 Å². The first-order chi connectivity index (χ1) is 11.0. The number of carbonyl (C=O) groups excluding carboxylic acids is 2. The van der Waals surface area contributed by atoms with Gasteiger partial charge in [0.25, 0.3) is 5.69 Å². The Labute approximate surface area is 136 Å². The highest BCUT2D eigenvalue weighted by Gasteiger charge is 2.19. The number of carbonyl (C=O) groups is 2. The molecule has 0 N–H and O–H groups in total. The molecule has 2 aromatic carbocycles. The van der Waals surface area contributed by atoms with Crippen LogP contribution in [0.4, 0.5) is 5.69 Å². The number of benzene rings is 2. The average Bonchev–Trinajstić information content (AvgIpc) is 2.59. The molecular formula is C16H13NO5S. The van der Waals surface area contributed by atoms with Crippen LogP contribution in [0.5, 0.6) is 0 Å². The largest absolute Gasteiger partial charge is 0.468 e. The number of ketones is 1. The van der Waals surface area contributed by atoms with Gasteiger partial charge in [0.1, 0.15) is 0 Å². The molecule has 0 saturated carbocycles. The van der Waals surface area contributed by atoms with Gasteiger partial charge in [0.05, 0.1) is 22.7 Å². The lowest BCUT2D eigenvalue weighted by molar-refractivity contribution is -0.387. The van der Waals surface area contributed by atoms with Crippen molar-refractivity contribution in [3.05, 3.63) is 69.8 Å². The molecule has 0 fully saturated rings. The summed E-state index contributed by atoms with van der Waals surface area (Å²) < 4.78 is 4.51. The molecule has 0 heterocycles. The van der Waals surface area contributed by atoms with Gasteiger partial charge in [0.15, 0.2) is 5.78 Å². The van der Waals surface area contributed by atoms with E-state index in [1.807, 2.05) is 0 Å². The Hall–Kier alpha value is -2.67. The van der Waals surface area contributed by atoms with Crippen molar-refractivity contribution in [2.45, 2.75) is 4.90 Å². The first-order valence-electron chi connectivity index (χ1n) is 6.60. The van der Waals surface area contributed by atoms with Gasteiger partial charge in [-0.3, -0.25) is 19.7 Å². The number of esters is 1. The lowest BCUT2D eigenvalue weighted by Crippen LogP contribution is -2.05. The summed E-state index contributed by atoms with van der Waals surface area (Å²) in [7, 11) is 1.25. The first-order valence-corrected chi connectivity index (χ1v) is 7.59. The molecule has 0 atom stereocenters. The van der Waals surface area contributed by atoms with E-state index >= 15 is 0 Å². The molecule has 23 heavy (non-hydrogen) atoms. The molecular weight excluding hydrogens is 318 g/mol. The van der Waals surface area contributed by atoms with Gasteiger partial charge < -0.3 is 4.74 Å². The number of nitrogens with zero attached hydrogens (tertiary/aromatic N) is 1. The lowest BCUT2D eigenvalue weighted by atomic mass is 10.0. The standard InChI is InChI=1S/C16H13NO5S/c1-22-15(18)10-23-14-8-7-12(9-13(14)17(20)21)16(19)11-5-3-2-4-6-11/h2-9H,10H2,1H3. The molecule has 6 nitrogen and oxygen atoms in total. The van der Waals surface area contributed by atoms with E-state index in [4.69, 9.17) is 0 Å². The minimum Gasteiger partial charge on any atom is -0.468 e. The normalized spacial score (nSPS) is 10.1. The Morgan fingerprint density at radius 3 is 2.43 bits per heavy atom. The summed E-state index contributed by atoms with van der Waals surface area (Å²) in [5, 5.41) is 11.2. The van der Waals surface area contributed by atoms with Crippen molar-refractivity contribution >= 4 is 29.2 Å². The van der Waals surface area contributed by atoms with Crippen molar-refractivity contribution in [3.8, 4) is 0 Å². The number of thioether (sulfide) groups is 1. The number of ether oxygens (including phenoxy) is 1. The van der Waals surface area contributed by atoms with Gasteiger partial charge in [0.2, 0.25) is 0 Å². The fourth-order valence-electron chi connectivity index (χ4n) is 1.88. The topological polar surface area (TPSA) is 86.5 Å². The molecule has 118 valence electrons. The number of hydrogen-bond acceptors (Lipinski definition) is 6. The summed E-state index contributed by atoms with van der Waals surface area (Å²) in [5.41, 5.74) is 0.475. The monoisotopic (exact) mass is 331 g/mol. The molecule has 7 heteroatoms. The second-order valence-electron chi connectivity index (χ2n) is 4.50. The van der Waals surface area contributed by atoms with E-state index < -0.39 is 10.9 Å². The summed E-state index contributed by atoms with van der Waals surface area (Å²) in [6.07, 6.45) is 0. The van der Waals surface area contributed by atoms with Crippen LogP contribution in [0.25, 0.3) is 0 Å². The molecule has 0 amide bonds. The molecule has 0 aliphatic heterocycles. The van der Waals surface area contributed by atoms with Crippen molar-refractivity contribution in [3.63, 3.8) is 0 Å². The molecule has 0 spiro atoms. The third kappa shape index (κ3) is 4.17. The van der Waals surface area contributed by atoms with E-state index in [2.05, 4.69) is 4.74 Å². The van der Waals surface area contributed by atoms with E-state index in [0.29, 0.717) is 10.5 Å². The number of hydrogen-bond donors (Lipinski definition) is 0. The van der Waals surface area contributed by atoms with E-state index in [1.54, 1.807) is 30.3 Å². The van der Waals surface area contributed by atoms with Gasteiger partial charge >= 0.3 is 5.97 Å². The molecule has 0 saturated heterocycles. The summed E-state index contributed by atoms with van der Waals surface area (Å²) in [6, 6.07) is 12.7. The Morgan fingerprint density at radius 1 is 1.13 bits per heavy atom. The fourth-order valence-corrected chi connectivity index (χ4v) is 2.71. The number of rotatable bonds is 6. The quantitative estimate of drug-likeness (QED) is 0.266. The highest BCUT2D eigenvalue weighted by atomic mass is 32.2. The third-order valence-electron chi connectivity index (χ3n) is 3.03. The molecule has 0 unspecified atom stereocenters. The summed E-state index contributed by atoms with van der Waals surface area (Å²) >= 11 is 0.997. The van der Waals surface area contributed by atoms with Gasteiger partial charge in [-0.1, -0.05) is 30.3 Å². The molecule has 0 bridgehead atoms. The average molecular weight is 331 g/mol. The van der Waals surface area contributed by atoms with Crippen LogP contribution in [-0.2, 0) is 9.53 Å². The molecule has 0 aliphatic carbocycles. The highest BCUT2D eigenvalue weighted by Crippen LogP contribution is 2.30. The summed E-state index contributed by atoms with van der Waals surface area (Å²) in [4.78, 5) is 34.5. The molecule has 0 radical (unpaired) electrons. The van der Waals surface area contributed by atoms with Crippen LogP contribution in [0.3, 0.4) is 0 Å². The van der Waals surface area contributed by atoms with E-state index in [9.17, 15) is 19.7 Å².